The van der Waals surface area contributed by atoms with Crippen LogP contribution in [-0.2, 0) is 9.59 Å². The first-order valence-corrected chi connectivity index (χ1v) is 9.95. The summed E-state index contributed by atoms with van der Waals surface area (Å²) in [6, 6.07) is 20.0. The number of hydrogen-bond donors (Lipinski definition) is 1. The van der Waals surface area contributed by atoms with Crippen LogP contribution in [0, 0.1) is 5.82 Å². The number of carbonyl (C=O) groups excluding carboxylic acids is 2. The zero-order chi connectivity index (χ0) is 22.7. The van der Waals surface area contributed by atoms with Gasteiger partial charge in [0.15, 0.2) is 5.11 Å². The summed E-state index contributed by atoms with van der Waals surface area (Å²) in [5, 5.41) is 2.41. The molecule has 8 heteroatoms. The van der Waals surface area contributed by atoms with Crippen molar-refractivity contribution in [3.63, 3.8) is 0 Å². The first-order chi connectivity index (χ1) is 15.5. The van der Waals surface area contributed by atoms with Gasteiger partial charge < -0.3 is 9.47 Å². The number of ether oxygens (including phenoxy) is 2. The summed E-state index contributed by atoms with van der Waals surface area (Å²) in [6.45, 7) is 0. The Balaban J connectivity index is 1.61. The third-order valence-electron chi connectivity index (χ3n) is 4.68. The zero-order valence-electron chi connectivity index (χ0n) is 16.9. The molecule has 0 saturated carbocycles. The van der Waals surface area contributed by atoms with Gasteiger partial charge in [-0.05, 0) is 66.8 Å². The van der Waals surface area contributed by atoms with E-state index in [0.29, 0.717) is 22.9 Å². The quantitative estimate of drug-likeness (QED) is 0.355. The van der Waals surface area contributed by atoms with Crippen LogP contribution < -0.4 is 19.7 Å². The molecule has 3 aromatic carbocycles. The van der Waals surface area contributed by atoms with Gasteiger partial charge in [-0.25, -0.2) is 4.39 Å². The van der Waals surface area contributed by atoms with Gasteiger partial charge in [0, 0.05) is 11.6 Å². The van der Waals surface area contributed by atoms with E-state index in [1.807, 2.05) is 30.3 Å². The molecule has 1 saturated heterocycles. The normalized spacial score (nSPS) is 15.0. The van der Waals surface area contributed by atoms with Crippen LogP contribution in [0.3, 0.4) is 0 Å². The van der Waals surface area contributed by atoms with E-state index < -0.39 is 17.6 Å². The van der Waals surface area contributed by atoms with Crippen LogP contribution in [0.25, 0.3) is 6.08 Å². The van der Waals surface area contributed by atoms with Crippen molar-refractivity contribution in [2.45, 2.75) is 0 Å². The Labute approximate surface area is 188 Å². The van der Waals surface area contributed by atoms with Crippen molar-refractivity contribution in [3.8, 4) is 17.2 Å². The van der Waals surface area contributed by atoms with Gasteiger partial charge in [0.05, 0.1) is 12.8 Å². The summed E-state index contributed by atoms with van der Waals surface area (Å²) in [5.74, 6) is -0.426. The summed E-state index contributed by atoms with van der Waals surface area (Å²) in [6.07, 6.45) is 1.19. The molecule has 1 heterocycles. The molecule has 6 nitrogen and oxygen atoms in total. The molecule has 0 atom stereocenters. The third-order valence-corrected chi connectivity index (χ3v) is 4.97. The van der Waals surface area contributed by atoms with Gasteiger partial charge in [-0.2, -0.15) is 0 Å². The largest absolute Gasteiger partial charge is 0.497 e. The second kappa shape index (κ2) is 8.99. The average molecular weight is 448 g/mol. The van der Waals surface area contributed by atoms with E-state index >= 15 is 0 Å². The van der Waals surface area contributed by atoms with E-state index in [9.17, 15) is 14.0 Å². The van der Waals surface area contributed by atoms with E-state index in [0.717, 1.165) is 0 Å². The molecule has 0 unspecified atom stereocenters. The summed E-state index contributed by atoms with van der Waals surface area (Å²) >= 11 is 5.20. The Morgan fingerprint density at radius 1 is 0.938 bits per heavy atom. The number of nitrogens with zero attached hydrogens (tertiary/aromatic N) is 1. The van der Waals surface area contributed by atoms with Gasteiger partial charge in [-0.1, -0.05) is 18.2 Å². The third kappa shape index (κ3) is 4.35. The van der Waals surface area contributed by atoms with Crippen LogP contribution in [0.5, 0.6) is 17.2 Å². The Morgan fingerprint density at radius 3 is 2.25 bits per heavy atom. The van der Waals surface area contributed by atoms with Gasteiger partial charge in [0.25, 0.3) is 11.8 Å². The summed E-state index contributed by atoms with van der Waals surface area (Å²) in [4.78, 5) is 26.7. The van der Waals surface area contributed by atoms with Gasteiger partial charge in [-0.15, -0.1) is 0 Å². The van der Waals surface area contributed by atoms with Crippen molar-refractivity contribution >= 4 is 40.9 Å². The number of para-hydroxylation sites is 1. The van der Waals surface area contributed by atoms with Gasteiger partial charge in [0.2, 0.25) is 0 Å². The van der Waals surface area contributed by atoms with Crippen LogP contribution in [-0.4, -0.2) is 24.0 Å². The molecular formula is C24H17FN2O4S. The summed E-state index contributed by atoms with van der Waals surface area (Å²) < 4.78 is 25.1. The fourth-order valence-corrected chi connectivity index (χ4v) is 3.37. The number of rotatable bonds is 5. The van der Waals surface area contributed by atoms with E-state index in [2.05, 4.69) is 5.32 Å². The molecule has 2 amide bonds. The molecule has 1 aliphatic heterocycles. The van der Waals surface area contributed by atoms with Crippen LogP contribution in [0.15, 0.2) is 78.4 Å². The summed E-state index contributed by atoms with van der Waals surface area (Å²) in [7, 11) is 1.42. The van der Waals surface area contributed by atoms with Crippen molar-refractivity contribution in [3.05, 3.63) is 89.8 Å². The van der Waals surface area contributed by atoms with E-state index in [1.165, 1.54) is 36.3 Å². The van der Waals surface area contributed by atoms with Gasteiger partial charge in [0.1, 0.15) is 28.6 Å². The Kier molecular flexibility index (Phi) is 5.96. The molecule has 3 aromatic rings. The Morgan fingerprint density at radius 2 is 1.59 bits per heavy atom. The Hall–Kier alpha value is -4.04. The molecule has 4 rings (SSSR count). The number of hydrogen-bond acceptors (Lipinski definition) is 5. The highest BCUT2D eigenvalue weighted by Crippen LogP contribution is 2.27. The molecule has 0 bridgehead atoms. The standard InChI is InChI=1S/C24H17FN2O4S/c1-30-19-10-7-15(21(25)14-19)13-20-22(28)26-24(32)27(23(20)29)16-8-11-18(12-9-16)31-17-5-3-2-4-6-17/h2-14H,1H3,(H,26,28,32)/b20-13+. The maximum Gasteiger partial charge on any atom is 0.270 e. The number of thiocarbonyl (C=S) groups is 1. The Bertz CT molecular complexity index is 1230. The lowest BCUT2D eigenvalue weighted by Crippen LogP contribution is -2.54. The maximum absolute atomic E-state index is 14.3. The lowest BCUT2D eigenvalue weighted by atomic mass is 10.1. The van der Waals surface area contributed by atoms with Crippen molar-refractivity contribution in [1.29, 1.82) is 0 Å². The van der Waals surface area contributed by atoms with E-state index in [1.54, 1.807) is 24.3 Å². The van der Waals surface area contributed by atoms with Crippen molar-refractivity contribution < 1.29 is 23.5 Å². The maximum atomic E-state index is 14.3. The number of amides is 2. The fourth-order valence-electron chi connectivity index (χ4n) is 3.09. The second-order valence-corrected chi connectivity index (χ2v) is 7.14. The number of nitrogens with one attached hydrogen (secondary N) is 1. The molecule has 0 radical (unpaired) electrons. The molecule has 0 spiro atoms. The number of halogens is 1. The first-order valence-electron chi connectivity index (χ1n) is 9.54. The highest BCUT2D eigenvalue weighted by atomic mass is 32.1. The van der Waals surface area contributed by atoms with Crippen LogP contribution >= 0.6 is 12.2 Å². The zero-order valence-corrected chi connectivity index (χ0v) is 17.7. The van der Waals surface area contributed by atoms with Crippen molar-refractivity contribution in [2.75, 3.05) is 12.0 Å². The molecule has 0 aliphatic carbocycles. The van der Waals surface area contributed by atoms with E-state index in [-0.39, 0.29) is 16.2 Å². The smallest absolute Gasteiger partial charge is 0.270 e. The lowest BCUT2D eigenvalue weighted by molar-refractivity contribution is -0.122. The monoisotopic (exact) mass is 448 g/mol. The molecule has 1 fully saturated rings. The first kappa shape index (κ1) is 21.2. The molecule has 0 aromatic heterocycles. The topological polar surface area (TPSA) is 67.9 Å². The van der Waals surface area contributed by atoms with Crippen molar-refractivity contribution in [1.82, 2.24) is 5.32 Å². The molecule has 1 aliphatic rings. The predicted molar refractivity (Wildman–Crippen MR) is 122 cm³/mol. The minimum Gasteiger partial charge on any atom is -0.497 e. The number of benzene rings is 3. The average Bonchev–Trinajstić information content (AvgIpc) is 2.79. The van der Waals surface area contributed by atoms with Gasteiger partial charge in [-0.3, -0.25) is 19.8 Å². The molecular weight excluding hydrogens is 431 g/mol. The number of anilines is 1. The molecule has 160 valence electrons. The van der Waals surface area contributed by atoms with Crippen LogP contribution in [0.1, 0.15) is 5.56 Å². The highest BCUT2D eigenvalue weighted by molar-refractivity contribution is 7.80. The van der Waals surface area contributed by atoms with Crippen LogP contribution in [0.4, 0.5) is 10.1 Å². The fraction of sp³-hybridized carbons (Fsp3) is 0.0417. The second-order valence-electron chi connectivity index (χ2n) is 6.75. The minimum atomic E-state index is -0.699. The predicted octanol–water partition coefficient (Wildman–Crippen LogP) is 4.46. The minimum absolute atomic E-state index is 0.0657. The van der Waals surface area contributed by atoms with E-state index in [4.69, 9.17) is 21.7 Å². The molecule has 32 heavy (non-hydrogen) atoms. The number of methoxy groups -OCH3 is 1. The van der Waals surface area contributed by atoms with Crippen molar-refractivity contribution in [2.24, 2.45) is 0 Å². The van der Waals surface area contributed by atoms with Crippen LogP contribution in [0.2, 0.25) is 0 Å². The van der Waals surface area contributed by atoms with Gasteiger partial charge >= 0.3 is 0 Å². The highest BCUT2D eigenvalue weighted by Gasteiger charge is 2.34. The lowest BCUT2D eigenvalue weighted by Gasteiger charge is -2.29. The molecule has 1 N–H and O–H groups in total. The number of carbonyl (C=O) groups is 2. The SMILES string of the molecule is COc1ccc(/C=C2\C(=O)NC(=S)N(c3ccc(Oc4ccccc4)cc3)C2=O)c(F)c1. The summed E-state index contributed by atoms with van der Waals surface area (Å²) in [5.41, 5.74) is 0.262.